The van der Waals surface area contributed by atoms with Gasteiger partial charge in [-0.1, -0.05) is 12.1 Å². The fourth-order valence-electron chi connectivity index (χ4n) is 1.48. The van der Waals surface area contributed by atoms with Gasteiger partial charge in [0.15, 0.2) is 0 Å². The van der Waals surface area contributed by atoms with E-state index in [2.05, 4.69) is 11.8 Å². The van der Waals surface area contributed by atoms with Crippen molar-refractivity contribution in [2.45, 2.75) is 13.5 Å². The molecule has 0 fully saturated rings. The summed E-state index contributed by atoms with van der Waals surface area (Å²) in [7, 11) is 1.71. The lowest BCUT2D eigenvalue weighted by molar-refractivity contribution is 0.205. The minimum Gasteiger partial charge on any atom is -0.392 e. The summed E-state index contributed by atoms with van der Waals surface area (Å²) in [5.74, 6) is 0. The maximum Gasteiger partial charge on any atom is 0.0681 e. The number of methoxy groups -OCH3 is 1. The van der Waals surface area contributed by atoms with Crippen LogP contribution in [-0.2, 0) is 11.3 Å². The van der Waals surface area contributed by atoms with Gasteiger partial charge in [0.2, 0.25) is 0 Å². The second-order valence-corrected chi connectivity index (χ2v) is 3.40. The van der Waals surface area contributed by atoms with Crippen molar-refractivity contribution in [2.24, 2.45) is 0 Å². The molecule has 0 spiro atoms. The van der Waals surface area contributed by atoms with Gasteiger partial charge in [-0.2, -0.15) is 0 Å². The van der Waals surface area contributed by atoms with E-state index in [4.69, 9.17) is 9.84 Å². The average Bonchev–Trinajstić information content (AvgIpc) is 2.31. The first-order chi connectivity index (χ1) is 7.31. The van der Waals surface area contributed by atoms with E-state index >= 15 is 0 Å². The zero-order valence-electron chi connectivity index (χ0n) is 9.44. The molecule has 1 aromatic carbocycles. The molecule has 0 unspecified atom stereocenters. The molecule has 1 rings (SSSR count). The van der Waals surface area contributed by atoms with Gasteiger partial charge >= 0.3 is 0 Å². The van der Waals surface area contributed by atoms with E-state index in [1.165, 1.54) is 5.69 Å². The van der Waals surface area contributed by atoms with Crippen LogP contribution in [0.5, 0.6) is 0 Å². The molecule has 84 valence electrons. The second-order valence-electron chi connectivity index (χ2n) is 3.40. The Morgan fingerprint density at radius 3 is 2.40 bits per heavy atom. The third-order valence-corrected chi connectivity index (χ3v) is 2.43. The fourth-order valence-corrected chi connectivity index (χ4v) is 1.48. The number of rotatable bonds is 6. The summed E-state index contributed by atoms with van der Waals surface area (Å²) in [6.45, 7) is 4.81. The summed E-state index contributed by atoms with van der Waals surface area (Å²) < 4.78 is 5.06. The number of aliphatic hydroxyl groups excluding tert-OH is 1. The van der Waals surface area contributed by atoms with Gasteiger partial charge < -0.3 is 14.7 Å². The molecule has 1 N–H and O–H groups in total. The molecule has 0 radical (unpaired) electrons. The summed E-state index contributed by atoms with van der Waals surface area (Å²) >= 11 is 0. The van der Waals surface area contributed by atoms with E-state index in [-0.39, 0.29) is 6.61 Å². The number of likely N-dealkylation sites (N-methyl/N-ethyl adjacent to an activating group) is 1. The molecule has 0 bridgehead atoms. The molecule has 3 heteroatoms. The minimum atomic E-state index is 0.102. The van der Waals surface area contributed by atoms with Crippen molar-refractivity contribution in [3.05, 3.63) is 29.8 Å². The molecular weight excluding hydrogens is 190 g/mol. The third kappa shape index (κ3) is 3.53. The van der Waals surface area contributed by atoms with Crippen molar-refractivity contribution in [2.75, 3.05) is 31.7 Å². The van der Waals surface area contributed by atoms with Crippen LogP contribution >= 0.6 is 0 Å². The van der Waals surface area contributed by atoms with Crippen molar-refractivity contribution in [3.8, 4) is 0 Å². The number of aliphatic hydroxyl groups is 1. The Kier molecular flexibility index (Phi) is 5.15. The Balaban J connectivity index is 2.65. The number of ether oxygens (including phenoxy) is 1. The van der Waals surface area contributed by atoms with Crippen molar-refractivity contribution < 1.29 is 9.84 Å². The van der Waals surface area contributed by atoms with Crippen LogP contribution in [0.4, 0.5) is 5.69 Å². The first kappa shape index (κ1) is 12.0. The molecule has 0 saturated heterocycles. The van der Waals surface area contributed by atoms with E-state index in [0.29, 0.717) is 0 Å². The van der Waals surface area contributed by atoms with Crippen LogP contribution in [0.15, 0.2) is 24.3 Å². The molecule has 0 aliphatic heterocycles. The zero-order valence-corrected chi connectivity index (χ0v) is 9.44. The van der Waals surface area contributed by atoms with Gasteiger partial charge in [0, 0.05) is 25.9 Å². The summed E-state index contributed by atoms with van der Waals surface area (Å²) in [5, 5.41) is 8.93. The van der Waals surface area contributed by atoms with Crippen LogP contribution in [-0.4, -0.2) is 31.9 Å². The summed E-state index contributed by atoms with van der Waals surface area (Å²) in [5.41, 5.74) is 2.12. The molecule has 15 heavy (non-hydrogen) atoms. The highest BCUT2D eigenvalue weighted by Crippen LogP contribution is 2.14. The largest absolute Gasteiger partial charge is 0.392 e. The van der Waals surface area contributed by atoms with Gasteiger partial charge in [-0.05, 0) is 24.6 Å². The zero-order chi connectivity index (χ0) is 11.1. The standard InChI is InChI=1S/C12H19NO2/c1-3-13(8-9-15-2)12-6-4-11(10-14)5-7-12/h4-7,14H,3,8-10H2,1-2H3. The van der Waals surface area contributed by atoms with Crippen LogP contribution in [0.1, 0.15) is 12.5 Å². The third-order valence-electron chi connectivity index (χ3n) is 2.43. The van der Waals surface area contributed by atoms with Crippen LogP contribution < -0.4 is 4.90 Å². The first-order valence-electron chi connectivity index (χ1n) is 5.25. The van der Waals surface area contributed by atoms with Crippen molar-refractivity contribution in [1.29, 1.82) is 0 Å². The quantitative estimate of drug-likeness (QED) is 0.773. The lowest BCUT2D eigenvalue weighted by atomic mass is 10.2. The van der Waals surface area contributed by atoms with E-state index in [1.807, 2.05) is 24.3 Å². The predicted octanol–water partition coefficient (Wildman–Crippen LogP) is 1.65. The Morgan fingerprint density at radius 1 is 1.27 bits per heavy atom. The number of benzene rings is 1. The highest BCUT2D eigenvalue weighted by atomic mass is 16.5. The molecule has 1 aromatic rings. The highest BCUT2D eigenvalue weighted by molar-refractivity contribution is 5.47. The van der Waals surface area contributed by atoms with Crippen molar-refractivity contribution >= 4 is 5.69 Å². The van der Waals surface area contributed by atoms with Gasteiger partial charge in [-0.3, -0.25) is 0 Å². The Labute approximate surface area is 91.3 Å². The number of anilines is 1. The SMILES string of the molecule is CCN(CCOC)c1ccc(CO)cc1. The fraction of sp³-hybridized carbons (Fsp3) is 0.500. The molecule has 0 saturated carbocycles. The Hall–Kier alpha value is -1.06. The Bertz CT molecular complexity index is 271. The van der Waals surface area contributed by atoms with E-state index in [1.54, 1.807) is 7.11 Å². The van der Waals surface area contributed by atoms with E-state index < -0.39 is 0 Å². The van der Waals surface area contributed by atoms with E-state index in [9.17, 15) is 0 Å². The molecule has 0 aromatic heterocycles. The van der Waals surface area contributed by atoms with Gasteiger partial charge in [0.05, 0.1) is 13.2 Å². The van der Waals surface area contributed by atoms with Gasteiger partial charge in [0.25, 0.3) is 0 Å². The highest BCUT2D eigenvalue weighted by Gasteiger charge is 2.03. The normalized spacial score (nSPS) is 10.3. The molecule has 0 heterocycles. The lowest BCUT2D eigenvalue weighted by Crippen LogP contribution is -2.26. The Morgan fingerprint density at radius 2 is 1.93 bits per heavy atom. The monoisotopic (exact) mass is 209 g/mol. The summed E-state index contributed by atoms with van der Waals surface area (Å²) in [4.78, 5) is 2.24. The van der Waals surface area contributed by atoms with Crippen LogP contribution in [0.25, 0.3) is 0 Å². The molecule has 0 aliphatic rings. The average molecular weight is 209 g/mol. The van der Waals surface area contributed by atoms with Crippen LogP contribution in [0, 0.1) is 0 Å². The molecule has 3 nitrogen and oxygen atoms in total. The minimum absolute atomic E-state index is 0.102. The van der Waals surface area contributed by atoms with Crippen molar-refractivity contribution in [3.63, 3.8) is 0 Å². The van der Waals surface area contributed by atoms with Gasteiger partial charge in [-0.25, -0.2) is 0 Å². The van der Waals surface area contributed by atoms with Gasteiger partial charge in [-0.15, -0.1) is 0 Å². The van der Waals surface area contributed by atoms with Crippen molar-refractivity contribution in [1.82, 2.24) is 0 Å². The number of hydrogen-bond donors (Lipinski definition) is 1. The number of nitrogens with zero attached hydrogens (tertiary/aromatic N) is 1. The van der Waals surface area contributed by atoms with Crippen LogP contribution in [0.3, 0.4) is 0 Å². The second kappa shape index (κ2) is 6.43. The first-order valence-corrected chi connectivity index (χ1v) is 5.25. The number of hydrogen-bond acceptors (Lipinski definition) is 3. The van der Waals surface area contributed by atoms with Gasteiger partial charge in [0.1, 0.15) is 0 Å². The van der Waals surface area contributed by atoms with E-state index in [0.717, 1.165) is 25.3 Å². The molecule has 0 aliphatic carbocycles. The molecular formula is C12H19NO2. The predicted molar refractivity (Wildman–Crippen MR) is 62.1 cm³/mol. The molecule has 0 atom stereocenters. The summed E-state index contributed by atoms with van der Waals surface area (Å²) in [6, 6.07) is 7.96. The molecule has 0 amide bonds. The maximum absolute atomic E-state index is 8.93. The van der Waals surface area contributed by atoms with Crippen LogP contribution in [0.2, 0.25) is 0 Å². The smallest absolute Gasteiger partial charge is 0.0681 e. The topological polar surface area (TPSA) is 32.7 Å². The maximum atomic E-state index is 8.93. The summed E-state index contributed by atoms with van der Waals surface area (Å²) in [6.07, 6.45) is 0. The lowest BCUT2D eigenvalue weighted by Gasteiger charge is -2.22.